The number of hydrogen-bond donors (Lipinski definition) is 1. The van der Waals surface area contributed by atoms with Crippen molar-refractivity contribution in [1.82, 2.24) is 0 Å². The van der Waals surface area contributed by atoms with E-state index in [9.17, 15) is 5.11 Å². The van der Waals surface area contributed by atoms with E-state index in [1.165, 1.54) is 5.69 Å². The monoisotopic (exact) mass is 205 g/mol. The molecule has 82 valence electrons. The Labute approximate surface area is 91.5 Å². The summed E-state index contributed by atoms with van der Waals surface area (Å²) < 4.78 is 0. The molecule has 2 nitrogen and oxygen atoms in total. The van der Waals surface area contributed by atoms with Gasteiger partial charge in [0.25, 0.3) is 0 Å². The summed E-state index contributed by atoms with van der Waals surface area (Å²) in [6, 6.07) is 8.14. The number of para-hydroxylation sites is 1. The molecule has 0 spiro atoms. The van der Waals surface area contributed by atoms with Gasteiger partial charge in [-0.3, -0.25) is 0 Å². The molecule has 1 aromatic carbocycles. The Hall–Kier alpha value is -1.02. The van der Waals surface area contributed by atoms with Crippen LogP contribution in [-0.2, 0) is 6.61 Å². The maximum atomic E-state index is 9.28. The quantitative estimate of drug-likeness (QED) is 0.800. The second-order valence-electron chi connectivity index (χ2n) is 4.65. The number of rotatable bonds is 2. The van der Waals surface area contributed by atoms with Crippen LogP contribution in [-0.4, -0.2) is 18.2 Å². The van der Waals surface area contributed by atoms with Gasteiger partial charge >= 0.3 is 0 Å². The molecule has 2 atom stereocenters. The summed E-state index contributed by atoms with van der Waals surface area (Å²) in [6.45, 7) is 6.95. The van der Waals surface area contributed by atoms with Gasteiger partial charge in [0.05, 0.1) is 6.61 Å². The third-order valence-corrected chi connectivity index (χ3v) is 3.49. The smallest absolute Gasteiger partial charge is 0.0702 e. The molecular formula is C13H19NO. The molecule has 0 radical (unpaired) electrons. The maximum absolute atomic E-state index is 9.28. The molecule has 2 unspecified atom stereocenters. The van der Waals surface area contributed by atoms with E-state index in [1.807, 2.05) is 18.2 Å². The van der Waals surface area contributed by atoms with Gasteiger partial charge in [-0.15, -0.1) is 0 Å². The van der Waals surface area contributed by atoms with Crippen LogP contribution in [0.3, 0.4) is 0 Å². The van der Waals surface area contributed by atoms with Crippen molar-refractivity contribution in [2.24, 2.45) is 11.8 Å². The molecule has 15 heavy (non-hydrogen) atoms. The summed E-state index contributed by atoms with van der Waals surface area (Å²) in [6.07, 6.45) is 0. The summed E-state index contributed by atoms with van der Waals surface area (Å²) in [5.41, 5.74) is 2.25. The van der Waals surface area contributed by atoms with Crippen LogP contribution < -0.4 is 4.90 Å². The van der Waals surface area contributed by atoms with Gasteiger partial charge in [0.2, 0.25) is 0 Å². The average molecular weight is 205 g/mol. The molecule has 1 aliphatic heterocycles. The zero-order valence-corrected chi connectivity index (χ0v) is 9.48. The van der Waals surface area contributed by atoms with Gasteiger partial charge in [0.15, 0.2) is 0 Å². The lowest BCUT2D eigenvalue weighted by molar-refractivity contribution is 0.282. The summed E-state index contributed by atoms with van der Waals surface area (Å²) in [5.74, 6) is 1.49. The lowest BCUT2D eigenvalue weighted by Crippen LogP contribution is -2.20. The van der Waals surface area contributed by atoms with Crippen LogP contribution >= 0.6 is 0 Å². The first kappa shape index (κ1) is 10.5. The van der Waals surface area contributed by atoms with E-state index in [0.717, 1.165) is 30.5 Å². The summed E-state index contributed by atoms with van der Waals surface area (Å²) in [7, 11) is 0. The molecule has 1 heterocycles. The maximum Gasteiger partial charge on any atom is 0.0702 e. The second kappa shape index (κ2) is 4.23. The average Bonchev–Trinajstić information content (AvgIpc) is 2.59. The Morgan fingerprint density at radius 1 is 1.20 bits per heavy atom. The van der Waals surface area contributed by atoms with Crippen molar-refractivity contribution in [3.05, 3.63) is 29.8 Å². The molecule has 1 aromatic rings. The van der Waals surface area contributed by atoms with Gasteiger partial charge in [-0.1, -0.05) is 32.0 Å². The van der Waals surface area contributed by atoms with Crippen molar-refractivity contribution >= 4 is 5.69 Å². The fourth-order valence-corrected chi connectivity index (χ4v) is 2.28. The fourth-order valence-electron chi connectivity index (χ4n) is 2.28. The van der Waals surface area contributed by atoms with Crippen molar-refractivity contribution in [2.45, 2.75) is 20.5 Å². The van der Waals surface area contributed by atoms with Crippen LogP contribution in [0.15, 0.2) is 24.3 Å². The van der Waals surface area contributed by atoms with Gasteiger partial charge in [-0.25, -0.2) is 0 Å². The number of benzene rings is 1. The molecule has 1 N–H and O–H groups in total. The minimum absolute atomic E-state index is 0.134. The molecule has 2 rings (SSSR count). The highest BCUT2D eigenvalue weighted by Gasteiger charge is 2.26. The standard InChI is InChI=1S/C13H19NO/c1-10-7-14(8-11(10)2)13-6-4-3-5-12(13)9-15/h3-6,10-11,15H,7-9H2,1-2H3. The zero-order valence-electron chi connectivity index (χ0n) is 9.48. The highest BCUT2D eigenvalue weighted by molar-refractivity contribution is 5.54. The van der Waals surface area contributed by atoms with E-state index in [1.54, 1.807) is 0 Å². The Morgan fingerprint density at radius 3 is 2.40 bits per heavy atom. The van der Waals surface area contributed by atoms with E-state index < -0.39 is 0 Å². The Balaban J connectivity index is 2.23. The van der Waals surface area contributed by atoms with E-state index in [-0.39, 0.29) is 6.61 Å². The molecule has 0 aliphatic carbocycles. The van der Waals surface area contributed by atoms with E-state index in [4.69, 9.17) is 0 Å². The zero-order chi connectivity index (χ0) is 10.8. The molecule has 0 amide bonds. The first-order valence-electron chi connectivity index (χ1n) is 5.66. The van der Waals surface area contributed by atoms with Crippen molar-refractivity contribution < 1.29 is 5.11 Å². The lowest BCUT2D eigenvalue weighted by atomic mass is 10.0. The summed E-state index contributed by atoms with van der Waals surface area (Å²) >= 11 is 0. The molecule has 1 fully saturated rings. The second-order valence-corrected chi connectivity index (χ2v) is 4.65. The molecule has 2 heteroatoms. The normalized spacial score (nSPS) is 25.9. The van der Waals surface area contributed by atoms with Crippen molar-refractivity contribution in [3.8, 4) is 0 Å². The molecule has 1 saturated heterocycles. The first-order valence-corrected chi connectivity index (χ1v) is 5.66. The molecule has 1 aliphatic rings. The van der Waals surface area contributed by atoms with E-state index in [2.05, 4.69) is 24.8 Å². The molecule has 0 bridgehead atoms. The number of aliphatic hydroxyl groups is 1. The van der Waals surface area contributed by atoms with Crippen LogP contribution in [0.4, 0.5) is 5.69 Å². The van der Waals surface area contributed by atoms with Gasteiger partial charge in [0.1, 0.15) is 0 Å². The van der Waals surface area contributed by atoms with Crippen LogP contribution in [0, 0.1) is 11.8 Å². The third kappa shape index (κ3) is 2.00. The first-order chi connectivity index (χ1) is 7.22. The van der Waals surface area contributed by atoms with Gasteiger partial charge in [-0.2, -0.15) is 0 Å². The van der Waals surface area contributed by atoms with Crippen molar-refractivity contribution in [2.75, 3.05) is 18.0 Å². The van der Waals surface area contributed by atoms with Crippen molar-refractivity contribution in [1.29, 1.82) is 0 Å². The number of hydrogen-bond acceptors (Lipinski definition) is 2. The molecule has 0 saturated carbocycles. The molecule has 0 aromatic heterocycles. The van der Waals surface area contributed by atoms with Crippen LogP contribution in [0.5, 0.6) is 0 Å². The van der Waals surface area contributed by atoms with Gasteiger partial charge in [-0.05, 0) is 17.9 Å². The SMILES string of the molecule is CC1CN(c2ccccc2CO)CC1C. The Morgan fingerprint density at radius 2 is 1.80 bits per heavy atom. The predicted molar refractivity (Wildman–Crippen MR) is 62.9 cm³/mol. The number of nitrogens with zero attached hydrogens (tertiary/aromatic N) is 1. The highest BCUT2D eigenvalue weighted by Crippen LogP contribution is 2.29. The van der Waals surface area contributed by atoms with E-state index >= 15 is 0 Å². The number of anilines is 1. The lowest BCUT2D eigenvalue weighted by Gasteiger charge is -2.21. The summed E-state index contributed by atoms with van der Waals surface area (Å²) in [4.78, 5) is 2.39. The summed E-state index contributed by atoms with van der Waals surface area (Å²) in [5, 5.41) is 9.28. The number of aliphatic hydroxyl groups excluding tert-OH is 1. The molecular weight excluding hydrogens is 186 g/mol. The predicted octanol–water partition coefficient (Wildman–Crippen LogP) is 2.27. The van der Waals surface area contributed by atoms with Crippen molar-refractivity contribution in [3.63, 3.8) is 0 Å². The van der Waals surface area contributed by atoms with Gasteiger partial charge in [0, 0.05) is 24.3 Å². The van der Waals surface area contributed by atoms with E-state index in [0.29, 0.717) is 0 Å². The minimum atomic E-state index is 0.134. The Kier molecular flexibility index (Phi) is 2.96. The highest BCUT2D eigenvalue weighted by atomic mass is 16.3. The largest absolute Gasteiger partial charge is 0.392 e. The van der Waals surface area contributed by atoms with Gasteiger partial charge < -0.3 is 10.0 Å². The fraction of sp³-hybridized carbons (Fsp3) is 0.538. The van der Waals surface area contributed by atoms with Crippen LogP contribution in [0.2, 0.25) is 0 Å². The Bertz CT molecular complexity index is 327. The minimum Gasteiger partial charge on any atom is -0.392 e. The third-order valence-electron chi connectivity index (χ3n) is 3.49. The van der Waals surface area contributed by atoms with Crippen LogP contribution in [0.25, 0.3) is 0 Å². The van der Waals surface area contributed by atoms with Crippen LogP contribution in [0.1, 0.15) is 19.4 Å². The topological polar surface area (TPSA) is 23.5 Å².